The van der Waals surface area contributed by atoms with Gasteiger partial charge in [-0.25, -0.2) is 0 Å². The van der Waals surface area contributed by atoms with Crippen LogP contribution in [-0.2, 0) is 4.74 Å². The van der Waals surface area contributed by atoms with E-state index in [0.717, 1.165) is 41.3 Å². The molecule has 1 aliphatic carbocycles. The van der Waals surface area contributed by atoms with Gasteiger partial charge in [0.2, 0.25) is 0 Å². The number of ether oxygens (including phenoxy) is 2. The second kappa shape index (κ2) is 6.12. The summed E-state index contributed by atoms with van der Waals surface area (Å²) >= 11 is 6.03. The number of hydrogen-bond donors (Lipinski definition) is 1. The van der Waals surface area contributed by atoms with Crippen LogP contribution in [0.15, 0.2) is 12.1 Å². The van der Waals surface area contributed by atoms with E-state index in [1.165, 1.54) is 0 Å². The Labute approximate surface area is 120 Å². The van der Waals surface area contributed by atoms with E-state index in [4.69, 9.17) is 26.8 Å². The third-order valence-electron chi connectivity index (χ3n) is 3.50. The Morgan fingerprint density at radius 3 is 2.47 bits per heavy atom. The summed E-state index contributed by atoms with van der Waals surface area (Å²) in [7, 11) is 0. The summed E-state index contributed by atoms with van der Waals surface area (Å²) < 4.78 is 11.8. The first-order valence-electron chi connectivity index (χ1n) is 6.83. The zero-order valence-electron chi connectivity index (χ0n) is 11.8. The first-order chi connectivity index (χ1) is 9.02. The van der Waals surface area contributed by atoms with Crippen LogP contribution in [0.25, 0.3) is 0 Å². The molecule has 3 unspecified atom stereocenters. The van der Waals surface area contributed by atoms with Gasteiger partial charge in [-0.05, 0) is 43.5 Å². The first kappa shape index (κ1) is 14.6. The highest BCUT2D eigenvalue weighted by Gasteiger charge is 2.41. The average Bonchev–Trinajstić information content (AvgIpc) is 2.32. The standard InChI is InChI=1S/C15H22ClNO2/c1-4-5-18-15-12(17)8-13(15)19-14-9(2)6-11(16)7-10(14)3/h6-7,12-13,15H,4-5,8,17H2,1-3H3. The normalized spacial score (nSPS) is 26.1. The molecular formula is C15H22ClNO2. The Morgan fingerprint density at radius 1 is 1.32 bits per heavy atom. The van der Waals surface area contributed by atoms with E-state index in [2.05, 4.69) is 6.92 Å². The predicted octanol–water partition coefficient (Wildman–Crippen LogP) is 3.23. The van der Waals surface area contributed by atoms with Crippen LogP contribution in [-0.4, -0.2) is 24.9 Å². The SMILES string of the molecule is CCCOC1C(N)CC1Oc1c(C)cc(Cl)cc1C. The third-order valence-corrected chi connectivity index (χ3v) is 3.72. The van der Waals surface area contributed by atoms with Gasteiger partial charge in [0.1, 0.15) is 18.0 Å². The molecule has 0 heterocycles. The molecule has 106 valence electrons. The Kier molecular flexibility index (Phi) is 4.71. The van der Waals surface area contributed by atoms with Gasteiger partial charge < -0.3 is 15.2 Å². The summed E-state index contributed by atoms with van der Waals surface area (Å²) in [6.07, 6.45) is 1.90. The smallest absolute Gasteiger partial charge is 0.128 e. The van der Waals surface area contributed by atoms with E-state index in [-0.39, 0.29) is 18.2 Å². The Hall–Kier alpha value is -0.770. The molecule has 0 bridgehead atoms. The van der Waals surface area contributed by atoms with Crippen LogP contribution in [0.1, 0.15) is 30.9 Å². The maximum absolute atomic E-state index is 6.08. The molecule has 4 heteroatoms. The molecule has 0 saturated heterocycles. The third kappa shape index (κ3) is 3.22. The minimum atomic E-state index is 0.00873. The van der Waals surface area contributed by atoms with Crippen molar-refractivity contribution in [3.05, 3.63) is 28.3 Å². The first-order valence-corrected chi connectivity index (χ1v) is 7.21. The molecule has 0 aliphatic heterocycles. The van der Waals surface area contributed by atoms with Gasteiger partial charge in [-0.3, -0.25) is 0 Å². The van der Waals surface area contributed by atoms with Crippen molar-refractivity contribution >= 4 is 11.6 Å². The van der Waals surface area contributed by atoms with Crippen molar-refractivity contribution in [3.8, 4) is 5.75 Å². The topological polar surface area (TPSA) is 44.5 Å². The molecule has 1 aromatic rings. The second-order valence-electron chi connectivity index (χ2n) is 5.26. The van der Waals surface area contributed by atoms with Crippen LogP contribution in [0.5, 0.6) is 5.75 Å². The molecule has 0 aromatic heterocycles. The van der Waals surface area contributed by atoms with Crippen molar-refractivity contribution in [1.29, 1.82) is 0 Å². The van der Waals surface area contributed by atoms with Crippen LogP contribution >= 0.6 is 11.6 Å². The van der Waals surface area contributed by atoms with E-state index >= 15 is 0 Å². The maximum Gasteiger partial charge on any atom is 0.128 e. The molecule has 19 heavy (non-hydrogen) atoms. The molecule has 0 spiro atoms. The van der Waals surface area contributed by atoms with E-state index in [9.17, 15) is 0 Å². The average molecular weight is 284 g/mol. The number of benzene rings is 1. The predicted molar refractivity (Wildman–Crippen MR) is 78.0 cm³/mol. The van der Waals surface area contributed by atoms with Crippen molar-refractivity contribution in [3.63, 3.8) is 0 Å². The number of aryl methyl sites for hydroxylation is 2. The fourth-order valence-electron chi connectivity index (χ4n) is 2.45. The molecule has 1 saturated carbocycles. The number of hydrogen-bond acceptors (Lipinski definition) is 3. The Morgan fingerprint density at radius 2 is 1.95 bits per heavy atom. The molecule has 1 aliphatic rings. The molecule has 2 N–H and O–H groups in total. The molecular weight excluding hydrogens is 262 g/mol. The van der Waals surface area contributed by atoms with Crippen molar-refractivity contribution in [2.24, 2.45) is 5.73 Å². The lowest BCUT2D eigenvalue weighted by molar-refractivity contribution is -0.0983. The highest BCUT2D eigenvalue weighted by Crippen LogP contribution is 2.33. The van der Waals surface area contributed by atoms with Gasteiger partial charge in [-0.2, -0.15) is 0 Å². The summed E-state index contributed by atoms with van der Waals surface area (Å²) in [6, 6.07) is 3.93. The molecule has 3 atom stereocenters. The van der Waals surface area contributed by atoms with E-state index in [1.54, 1.807) is 0 Å². The summed E-state index contributed by atoms with van der Waals surface area (Å²) in [5.74, 6) is 0.909. The van der Waals surface area contributed by atoms with Crippen molar-refractivity contribution in [2.45, 2.75) is 51.9 Å². The van der Waals surface area contributed by atoms with Crippen LogP contribution in [0.2, 0.25) is 5.02 Å². The molecule has 1 fully saturated rings. The van der Waals surface area contributed by atoms with Crippen molar-refractivity contribution in [1.82, 2.24) is 0 Å². The molecule has 2 rings (SSSR count). The summed E-state index contributed by atoms with van der Waals surface area (Å²) in [4.78, 5) is 0. The summed E-state index contributed by atoms with van der Waals surface area (Å²) in [6.45, 7) is 6.84. The van der Waals surface area contributed by atoms with Crippen LogP contribution < -0.4 is 10.5 Å². The lowest BCUT2D eigenvalue weighted by Crippen LogP contribution is -2.59. The summed E-state index contributed by atoms with van der Waals surface area (Å²) in [5, 5.41) is 0.742. The van der Waals surface area contributed by atoms with Crippen LogP contribution in [0.4, 0.5) is 0 Å². The lowest BCUT2D eigenvalue weighted by atomic mass is 9.86. The van der Waals surface area contributed by atoms with Gasteiger partial charge in [0, 0.05) is 24.1 Å². The lowest BCUT2D eigenvalue weighted by Gasteiger charge is -2.42. The zero-order chi connectivity index (χ0) is 14.0. The quantitative estimate of drug-likeness (QED) is 0.902. The van der Waals surface area contributed by atoms with E-state index in [1.807, 2.05) is 26.0 Å². The highest BCUT2D eigenvalue weighted by atomic mass is 35.5. The molecule has 0 amide bonds. The molecule has 0 radical (unpaired) electrons. The Bertz CT molecular complexity index is 427. The number of rotatable bonds is 5. The number of nitrogens with two attached hydrogens (primary N) is 1. The number of halogens is 1. The molecule has 1 aromatic carbocycles. The van der Waals surface area contributed by atoms with Crippen molar-refractivity contribution in [2.75, 3.05) is 6.61 Å². The fraction of sp³-hybridized carbons (Fsp3) is 0.600. The van der Waals surface area contributed by atoms with Gasteiger partial charge in [-0.15, -0.1) is 0 Å². The minimum absolute atomic E-state index is 0.00873. The van der Waals surface area contributed by atoms with Crippen LogP contribution in [0, 0.1) is 13.8 Å². The maximum atomic E-state index is 6.08. The monoisotopic (exact) mass is 283 g/mol. The van der Waals surface area contributed by atoms with E-state index < -0.39 is 0 Å². The zero-order valence-corrected chi connectivity index (χ0v) is 12.5. The highest BCUT2D eigenvalue weighted by molar-refractivity contribution is 6.30. The minimum Gasteiger partial charge on any atom is -0.487 e. The molecule has 3 nitrogen and oxygen atoms in total. The van der Waals surface area contributed by atoms with Gasteiger partial charge in [0.05, 0.1) is 0 Å². The fourth-order valence-corrected chi connectivity index (χ4v) is 2.78. The largest absolute Gasteiger partial charge is 0.487 e. The summed E-state index contributed by atoms with van der Waals surface area (Å²) in [5.41, 5.74) is 8.09. The van der Waals surface area contributed by atoms with Crippen LogP contribution in [0.3, 0.4) is 0 Å². The van der Waals surface area contributed by atoms with Gasteiger partial charge >= 0.3 is 0 Å². The van der Waals surface area contributed by atoms with Crippen molar-refractivity contribution < 1.29 is 9.47 Å². The Balaban J connectivity index is 2.05. The second-order valence-corrected chi connectivity index (χ2v) is 5.70. The van der Waals surface area contributed by atoms with Gasteiger partial charge in [0.25, 0.3) is 0 Å². The van der Waals surface area contributed by atoms with E-state index in [0.29, 0.717) is 0 Å². The van der Waals surface area contributed by atoms with Gasteiger partial charge in [-0.1, -0.05) is 18.5 Å². The van der Waals surface area contributed by atoms with Gasteiger partial charge in [0.15, 0.2) is 0 Å².